The molecule has 0 aromatic carbocycles. The number of allylic oxidation sites excluding steroid dienone is 1. The number of hydrogen-bond acceptors (Lipinski definition) is 5. The molecule has 0 aromatic rings. The molecule has 0 spiro atoms. The van der Waals surface area contributed by atoms with Gasteiger partial charge in [-0.2, -0.15) is 0 Å². The van der Waals surface area contributed by atoms with E-state index in [2.05, 4.69) is 32.3 Å². The number of carbonyl (C=O) groups is 1. The molecule has 1 amide bonds. The lowest BCUT2D eigenvalue weighted by Crippen LogP contribution is -2.41. The molecule has 0 saturated carbocycles. The summed E-state index contributed by atoms with van der Waals surface area (Å²) in [6.45, 7) is 20.8. The van der Waals surface area contributed by atoms with Crippen LogP contribution >= 0.6 is 11.8 Å². The largest absolute Gasteiger partial charge is 0.475 e. The lowest BCUT2D eigenvalue weighted by Gasteiger charge is -2.31. The van der Waals surface area contributed by atoms with Gasteiger partial charge in [0.1, 0.15) is 6.61 Å². The molecule has 0 atom stereocenters. The van der Waals surface area contributed by atoms with Crippen LogP contribution in [0.3, 0.4) is 0 Å². The summed E-state index contributed by atoms with van der Waals surface area (Å²) in [5.41, 5.74) is 0.561. The van der Waals surface area contributed by atoms with E-state index < -0.39 is 4.75 Å². The van der Waals surface area contributed by atoms with E-state index in [4.69, 9.17) is 14.2 Å². The van der Waals surface area contributed by atoms with Gasteiger partial charge in [0.05, 0.1) is 11.4 Å². The van der Waals surface area contributed by atoms with Crippen molar-refractivity contribution in [1.29, 1.82) is 0 Å². The van der Waals surface area contributed by atoms with E-state index in [1.54, 1.807) is 23.9 Å². The number of ether oxygens (including phenoxy) is 3. The molecule has 1 fully saturated rings. The predicted octanol–water partition coefficient (Wildman–Crippen LogP) is 4.46. The van der Waals surface area contributed by atoms with Crippen LogP contribution in [0, 0.1) is 5.41 Å². The molecule has 5 nitrogen and oxygen atoms in total. The first-order valence-corrected chi connectivity index (χ1v) is 10.8. The monoisotopic (exact) mass is 411 g/mol. The Kier molecular flexibility index (Phi) is 10.4. The molecular formula is C22H37NO4S. The Morgan fingerprint density at radius 3 is 2.50 bits per heavy atom. The van der Waals surface area contributed by atoms with E-state index in [9.17, 15) is 4.79 Å². The van der Waals surface area contributed by atoms with Gasteiger partial charge in [0.25, 0.3) is 0 Å². The van der Waals surface area contributed by atoms with Gasteiger partial charge in [0, 0.05) is 36.6 Å². The first kappa shape index (κ1) is 24.8. The van der Waals surface area contributed by atoms with Gasteiger partial charge in [-0.1, -0.05) is 33.1 Å². The van der Waals surface area contributed by atoms with Gasteiger partial charge in [0.15, 0.2) is 5.88 Å². The molecule has 6 heteroatoms. The summed E-state index contributed by atoms with van der Waals surface area (Å²) < 4.78 is 16.1. The predicted molar refractivity (Wildman–Crippen MR) is 117 cm³/mol. The molecule has 0 aromatic heterocycles. The molecule has 28 heavy (non-hydrogen) atoms. The van der Waals surface area contributed by atoms with Gasteiger partial charge in [-0.05, 0) is 39.2 Å². The molecule has 1 aliphatic rings. The fraction of sp³-hybridized carbons (Fsp3) is 0.682. The molecule has 160 valence electrons. The average Bonchev–Trinajstić information content (AvgIpc) is 2.64. The third-order valence-electron chi connectivity index (χ3n) is 4.61. The van der Waals surface area contributed by atoms with E-state index >= 15 is 0 Å². The smallest absolute Gasteiger partial charge is 0.242 e. The van der Waals surface area contributed by atoms with Gasteiger partial charge in [-0.3, -0.25) is 10.1 Å². The highest BCUT2D eigenvalue weighted by molar-refractivity contribution is 8.01. The van der Waals surface area contributed by atoms with Gasteiger partial charge < -0.3 is 14.2 Å². The quantitative estimate of drug-likeness (QED) is 0.292. The van der Waals surface area contributed by atoms with Gasteiger partial charge in [-0.25, -0.2) is 0 Å². The average molecular weight is 412 g/mol. The number of carbonyl (C=O) groups excluding carboxylic acids is 1. The Balaban J connectivity index is 2.83. The van der Waals surface area contributed by atoms with Gasteiger partial charge in [0.2, 0.25) is 5.91 Å². The molecule has 1 heterocycles. The molecule has 1 N–H and O–H groups in total. The van der Waals surface area contributed by atoms with E-state index in [0.29, 0.717) is 31.0 Å². The van der Waals surface area contributed by atoms with E-state index in [1.165, 1.54) is 0 Å². The Labute approximate surface area is 175 Å². The minimum absolute atomic E-state index is 0.0882. The first-order valence-electron chi connectivity index (χ1n) is 9.92. The van der Waals surface area contributed by atoms with Crippen molar-refractivity contribution in [2.75, 3.05) is 33.0 Å². The highest BCUT2D eigenvalue weighted by Crippen LogP contribution is 2.34. The summed E-state index contributed by atoms with van der Waals surface area (Å²) in [6, 6.07) is 0. The van der Waals surface area contributed by atoms with Crippen LogP contribution in [0.25, 0.3) is 0 Å². The van der Waals surface area contributed by atoms with Crippen LogP contribution in [-0.2, 0) is 19.0 Å². The molecule has 0 bridgehead atoms. The second kappa shape index (κ2) is 11.7. The van der Waals surface area contributed by atoms with Crippen molar-refractivity contribution in [2.24, 2.45) is 5.41 Å². The van der Waals surface area contributed by atoms with Crippen LogP contribution in [0.1, 0.15) is 47.5 Å². The zero-order chi connectivity index (χ0) is 21.2. The minimum Gasteiger partial charge on any atom is -0.475 e. The molecule has 0 unspecified atom stereocenters. The fourth-order valence-electron chi connectivity index (χ4n) is 2.59. The summed E-state index contributed by atoms with van der Waals surface area (Å²) in [5, 5.41) is 3.37. The van der Waals surface area contributed by atoms with Gasteiger partial charge >= 0.3 is 0 Å². The summed E-state index contributed by atoms with van der Waals surface area (Å²) in [5.74, 6) is 0.301. The number of rotatable bonds is 12. The van der Waals surface area contributed by atoms with Crippen molar-refractivity contribution in [1.82, 2.24) is 5.32 Å². The number of thioether (sulfide) groups is 1. The maximum Gasteiger partial charge on any atom is 0.242 e. The van der Waals surface area contributed by atoms with E-state index in [-0.39, 0.29) is 11.3 Å². The Hall–Kier alpha value is -1.24. The van der Waals surface area contributed by atoms with Crippen molar-refractivity contribution >= 4 is 17.7 Å². The standard InChI is InChI=1S/C22H37NO4S/c1-8-12-27-19(15-17(3)21(4,5)16-25-9-2)23-20(24)22(6,7)28-18-10-13-26-14-11-18/h8,15,18H,1,3,9-14,16H2,2,4-7H3,(H,23,24)/b19-15-. The third kappa shape index (κ3) is 8.41. The maximum absolute atomic E-state index is 13.0. The lowest BCUT2D eigenvalue weighted by atomic mass is 9.86. The zero-order valence-electron chi connectivity index (χ0n) is 18.1. The van der Waals surface area contributed by atoms with Crippen LogP contribution < -0.4 is 5.32 Å². The molecule has 0 aliphatic carbocycles. The highest BCUT2D eigenvalue weighted by atomic mass is 32.2. The Morgan fingerprint density at radius 1 is 1.29 bits per heavy atom. The second-order valence-corrected chi connectivity index (χ2v) is 9.97. The Morgan fingerprint density at radius 2 is 1.93 bits per heavy atom. The zero-order valence-corrected chi connectivity index (χ0v) is 19.0. The van der Waals surface area contributed by atoms with Crippen molar-refractivity contribution in [3.05, 3.63) is 36.8 Å². The molecular weight excluding hydrogens is 374 g/mol. The third-order valence-corrected chi connectivity index (χ3v) is 6.19. The van der Waals surface area contributed by atoms with Crippen molar-refractivity contribution in [3.63, 3.8) is 0 Å². The minimum atomic E-state index is -0.583. The number of hydrogen-bond donors (Lipinski definition) is 1. The summed E-state index contributed by atoms with van der Waals surface area (Å²) in [7, 11) is 0. The fourth-order valence-corrected chi connectivity index (χ4v) is 4.01. The molecule has 1 aliphatic heterocycles. The second-order valence-electron chi connectivity index (χ2n) is 8.05. The maximum atomic E-state index is 13.0. The van der Waals surface area contributed by atoms with Crippen LogP contribution in [0.5, 0.6) is 0 Å². The summed E-state index contributed by atoms with van der Waals surface area (Å²) in [4.78, 5) is 13.0. The van der Waals surface area contributed by atoms with Crippen LogP contribution in [-0.4, -0.2) is 48.9 Å². The highest BCUT2D eigenvalue weighted by Gasteiger charge is 2.33. The number of nitrogens with one attached hydrogen (secondary N) is 1. The van der Waals surface area contributed by atoms with Crippen LogP contribution in [0.4, 0.5) is 0 Å². The molecule has 0 radical (unpaired) electrons. The molecule has 1 rings (SSSR count). The van der Waals surface area contributed by atoms with Crippen LogP contribution in [0.15, 0.2) is 36.8 Å². The number of amides is 1. The normalized spacial score (nSPS) is 16.5. The first-order chi connectivity index (χ1) is 13.1. The van der Waals surface area contributed by atoms with Crippen molar-refractivity contribution in [3.8, 4) is 0 Å². The van der Waals surface area contributed by atoms with Gasteiger partial charge in [-0.15, -0.1) is 11.8 Å². The SMILES string of the molecule is C=CCO/C(=C\C(=C)C(C)(C)COCC)NC(=O)C(C)(C)SC1CCOCC1. The molecule has 1 saturated heterocycles. The van der Waals surface area contributed by atoms with E-state index in [0.717, 1.165) is 31.6 Å². The van der Waals surface area contributed by atoms with Crippen molar-refractivity contribution in [2.45, 2.75) is 57.5 Å². The lowest BCUT2D eigenvalue weighted by molar-refractivity contribution is -0.122. The van der Waals surface area contributed by atoms with Crippen LogP contribution in [0.2, 0.25) is 0 Å². The Bertz CT molecular complexity index is 563. The summed E-state index contributed by atoms with van der Waals surface area (Å²) >= 11 is 1.69. The van der Waals surface area contributed by atoms with Crippen molar-refractivity contribution < 1.29 is 19.0 Å². The van der Waals surface area contributed by atoms with E-state index in [1.807, 2.05) is 20.8 Å². The summed E-state index contributed by atoms with van der Waals surface area (Å²) in [6.07, 6.45) is 5.38. The topological polar surface area (TPSA) is 56.8 Å².